The van der Waals surface area contributed by atoms with E-state index in [1.807, 2.05) is 28.5 Å². The van der Waals surface area contributed by atoms with Crippen LogP contribution in [-0.2, 0) is 11.2 Å². The molecule has 1 atom stereocenters. The molecule has 26 heavy (non-hydrogen) atoms. The summed E-state index contributed by atoms with van der Waals surface area (Å²) in [6.07, 6.45) is 4.16. The molecule has 2 amide bonds. The number of amides is 2. The molecule has 1 aliphatic rings. The van der Waals surface area contributed by atoms with Gasteiger partial charge in [0.05, 0.1) is 0 Å². The van der Waals surface area contributed by atoms with Crippen LogP contribution < -0.4 is 11.1 Å². The molecule has 138 valence electrons. The van der Waals surface area contributed by atoms with Crippen molar-refractivity contribution >= 4 is 28.8 Å². The normalized spacial score (nSPS) is 16.7. The van der Waals surface area contributed by atoms with E-state index in [2.05, 4.69) is 11.4 Å². The highest BCUT2D eigenvalue weighted by atomic mass is 32.1. The van der Waals surface area contributed by atoms with Crippen molar-refractivity contribution < 1.29 is 9.59 Å². The average Bonchev–Trinajstić information content (AvgIpc) is 3.32. The SMILES string of the molecule is NCC1CCCN1C(=O)c1cccc(NC(=O)CCCc2cccs2)c1. The summed E-state index contributed by atoms with van der Waals surface area (Å²) in [5, 5.41) is 4.95. The summed E-state index contributed by atoms with van der Waals surface area (Å²) >= 11 is 1.71. The smallest absolute Gasteiger partial charge is 0.254 e. The second-order valence-corrected chi connectivity index (χ2v) is 7.62. The van der Waals surface area contributed by atoms with Crippen LogP contribution in [0.5, 0.6) is 0 Å². The lowest BCUT2D eigenvalue weighted by Gasteiger charge is -2.23. The summed E-state index contributed by atoms with van der Waals surface area (Å²) in [4.78, 5) is 28.0. The van der Waals surface area contributed by atoms with Crippen molar-refractivity contribution in [3.63, 3.8) is 0 Å². The van der Waals surface area contributed by atoms with E-state index in [0.717, 1.165) is 32.2 Å². The fourth-order valence-corrected chi connectivity index (χ4v) is 4.10. The third kappa shape index (κ3) is 4.71. The van der Waals surface area contributed by atoms with Gasteiger partial charge < -0.3 is 16.0 Å². The Kier molecular flexibility index (Phi) is 6.41. The van der Waals surface area contributed by atoms with E-state index in [9.17, 15) is 9.59 Å². The van der Waals surface area contributed by atoms with E-state index in [-0.39, 0.29) is 17.9 Å². The number of rotatable bonds is 7. The molecule has 0 saturated carbocycles. The van der Waals surface area contributed by atoms with Crippen molar-refractivity contribution in [1.29, 1.82) is 0 Å². The number of carbonyl (C=O) groups is 2. The summed E-state index contributed by atoms with van der Waals surface area (Å²) in [5.74, 6) is -0.0288. The molecule has 1 aromatic carbocycles. The number of likely N-dealkylation sites (tertiary alicyclic amines) is 1. The molecule has 2 heterocycles. The summed E-state index contributed by atoms with van der Waals surface area (Å²) in [6, 6.07) is 11.4. The maximum absolute atomic E-state index is 12.7. The first-order valence-electron chi connectivity index (χ1n) is 9.10. The number of hydrogen-bond acceptors (Lipinski definition) is 4. The van der Waals surface area contributed by atoms with Crippen LogP contribution in [0.25, 0.3) is 0 Å². The maximum atomic E-state index is 12.7. The zero-order valence-corrected chi connectivity index (χ0v) is 15.6. The Hall–Kier alpha value is -2.18. The van der Waals surface area contributed by atoms with Crippen molar-refractivity contribution in [2.45, 2.75) is 38.1 Å². The van der Waals surface area contributed by atoms with Crippen LogP contribution >= 0.6 is 11.3 Å². The summed E-state index contributed by atoms with van der Waals surface area (Å²) in [5.41, 5.74) is 7.03. The van der Waals surface area contributed by atoms with Crippen molar-refractivity contribution in [3.05, 3.63) is 52.2 Å². The van der Waals surface area contributed by atoms with Gasteiger partial charge in [-0.3, -0.25) is 9.59 Å². The van der Waals surface area contributed by atoms with E-state index >= 15 is 0 Å². The number of nitrogens with one attached hydrogen (secondary N) is 1. The van der Waals surface area contributed by atoms with Gasteiger partial charge in [-0.2, -0.15) is 0 Å². The molecular formula is C20H25N3O2S. The lowest BCUT2D eigenvalue weighted by molar-refractivity contribution is -0.116. The van der Waals surface area contributed by atoms with Crippen LogP contribution in [0.2, 0.25) is 0 Å². The molecule has 1 aromatic heterocycles. The predicted molar refractivity (Wildman–Crippen MR) is 105 cm³/mol. The van der Waals surface area contributed by atoms with Crippen molar-refractivity contribution in [2.24, 2.45) is 5.73 Å². The van der Waals surface area contributed by atoms with Gasteiger partial charge in [0.2, 0.25) is 5.91 Å². The first-order valence-corrected chi connectivity index (χ1v) is 9.98. The zero-order valence-electron chi connectivity index (χ0n) is 14.8. The quantitative estimate of drug-likeness (QED) is 0.784. The van der Waals surface area contributed by atoms with E-state index in [1.54, 1.807) is 23.5 Å². The first kappa shape index (κ1) is 18.6. The van der Waals surface area contributed by atoms with E-state index in [1.165, 1.54) is 4.88 Å². The number of aryl methyl sites for hydroxylation is 1. The molecule has 2 aromatic rings. The van der Waals surface area contributed by atoms with E-state index in [0.29, 0.717) is 24.2 Å². The van der Waals surface area contributed by atoms with E-state index < -0.39 is 0 Å². The Bertz CT molecular complexity index is 745. The van der Waals surface area contributed by atoms with Crippen LogP contribution in [0.1, 0.15) is 40.9 Å². The van der Waals surface area contributed by atoms with Crippen LogP contribution in [0.3, 0.4) is 0 Å². The highest BCUT2D eigenvalue weighted by Gasteiger charge is 2.28. The molecule has 1 aliphatic heterocycles. The lowest BCUT2D eigenvalue weighted by atomic mass is 10.1. The van der Waals surface area contributed by atoms with Gasteiger partial charge in [0.15, 0.2) is 0 Å². The molecular weight excluding hydrogens is 346 g/mol. The zero-order chi connectivity index (χ0) is 18.4. The van der Waals surface area contributed by atoms with Gasteiger partial charge in [-0.25, -0.2) is 0 Å². The minimum absolute atomic E-state index is 0.00764. The Balaban J connectivity index is 1.55. The topological polar surface area (TPSA) is 75.4 Å². The molecule has 0 radical (unpaired) electrons. The fraction of sp³-hybridized carbons (Fsp3) is 0.400. The highest BCUT2D eigenvalue weighted by molar-refractivity contribution is 7.09. The fourth-order valence-electron chi connectivity index (χ4n) is 3.35. The van der Waals surface area contributed by atoms with Gasteiger partial charge >= 0.3 is 0 Å². The third-order valence-electron chi connectivity index (χ3n) is 4.71. The largest absolute Gasteiger partial charge is 0.334 e. The van der Waals surface area contributed by atoms with Gasteiger partial charge in [-0.1, -0.05) is 12.1 Å². The molecule has 5 nitrogen and oxygen atoms in total. The Morgan fingerprint density at radius 3 is 2.92 bits per heavy atom. The summed E-state index contributed by atoms with van der Waals surface area (Å²) < 4.78 is 0. The number of hydrogen-bond donors (Lipinski definition) is 2. The number of benzene rings is 1. The average molecular weight is 372 g/mol. The van der Waals surface area contributed by atoms with Crippen molar-refractivity contribution in [2.75, 3.05) is 18.4 Å². The lowest BCUT2D eigenvalue weighted by Crippen LogP contribution is -2.39. The van der Waals surface area contributed by atoms with Gasteiger partial charge in [0, 0.05) is 41.7 Å². The molecule has 1 fully saturated rings. The minimum atomic E-state index is -0.0211. The third-order valence-corrected chi connectivity index (χ3v) is 5.65. The van der Waals surface area contributed by atoms with Gasteiger partial charge in [0.1, 0.15) is 0 Å². The minimum Gasteiger partial charge on any atom is -0.334 e. The number of carbonyl (C=O) groups excluding carboxylic acids is 2. The van der Waals surface area contributed by atoms with Crippen molar-refractivity contribution in [3.8, 4) is 0 Å². The molecule has 0 bridgehead atoms. The number of nitrogens with zero attached hydrogens (tertiary/aromatic N) is 1. The highest BCUT2D eigenvalue weighted by Crippen LogP contribution is 2.21. The Morgan fingerprint density at radius 2 is 2.15 bits per heavy atom. The maximum Gasteiger partial charge on any atom is 0.254 e. The van der Waals surface area contributed by atoms with Gasteiger partial charge in [0.25, 0.3) is 5.91 Å². The van der Waals surface area contributed by atoms with E-state index in [4.69, 9.17) is 5.73 Å². The standard InChI is InChI=1S/C20H25N3O2S/c21-14-17-7-3-11-23(17)20(25)15-5-1-6-16(13-15)22-19(24)10-2-8-18-9-4-12-26-18/h1,4-6,9,12-13,17H,2-3,7-8,10-11,14,21H2,(H,22,24). The number of nitrogens with two attached hydrogens (primary N) is 1. The van der Waals surface area contributed by atoms with Crippen LogP contribution in [0.15, 0.2) is 41.8 Å². The van der Waals surface area contributed by atoms with Gasteiger partial charge in [-0.05, 0) is 55.3 Å². The van der Waals surface area contributed by atoms with Gasteiger partial charge in [-0.15, -0.1) is 11.3 Å². The molecule has 0 aliphatic carbocycles. The Labute approximate surface area is 158 Å². The first-order chi connectivity index (χ1) is 12.7. The number of anilines is 1. The summed E-state index contributed by atoms with van der Waals surface area (Å²) in [6.45, 7) is 1.24. The number of thiophene rings is 1. The second kappa shape index (κ2) is 8.96. The van der Waals surface area contributed by atoms with Crippen LogP contribution in [0, 0.1) is 0 Å². The molecule has 3 rings (SSSR count). The van der Waals surface area contributed by atoms with Crippen molar-refractivity contribution in [1.82, 2.24) is 4.90 Å². The molecule has 1 saturated heterocycles. The van der Waals surface area contributed by atoms with Crippen LogP contribution in [0.4, 0.5) is 5.69 Å². The predicted octanol–water partition coefficient (Wildman–Crippen LogP) is 3.27. The van der Waals surface area contributed by atoms with Crippen LogP contribution in [-0.4, -0.2) is 35.8 Å². The second-order valence-electron chi connectivity index (χ2n) is 6.59. The monoisotopic (exact) mass is 371 g/mol. The Morgan fingerprint density at radius 1 is 1.27 bits per heavy atom. The summed E-state index contributed by atoms with van der Waals surface area (Å²) in [7, 11) is 0. The molecule has 3 N–H and O–H groups in total. The molecule has 6 heteroatoms. The molecule has 1 unspecified atom stereocenters. The molecule has 0 spiro atoms.